The van der Waals surface area contributed by atoms with E-state index in [1.54, 1.807) is 31.3 Å². The predicted octanol–water partition coefficient (Wildman–Crippen LogP) is 0.167. The number of ether oxygens (including phenoxy) is 1. The lowest BCUT2D eigenvalue weighted by Crippen LogP contribution is -2.52. The Labute approximate surface area is 117 Å². The molecule has 1 aliphatic rings. The van der Waals surface area contributed by atoms with Crippen molar-refractivity contribution in [3.63, 3.8) is 0 Å². The molecule has 7 heteroatoms. The van der Waals surface area contributed by atoms with Gasteiger partial charge in [-0.15, -0.1) is 0 Å². The minimum absolute atomic E-state index is 0.0913. The number of carbonyl (C=O) groups is 2. The van der Waals surface area contributed by atoms with Crippen LogP contribution in [0.4, 0.5) is 0 Å². The van der Waals surface area contributed by atoms with E-state index in [-0.39, 0.29) is 18.2 Å². The van der Waals surface area contributed by atoms with Crippen LogP contribution in [-0.4, -0.2) is 59.8 Å². The molecule has 20 heavy (non-hydrogen) atoms. The molecule has 1 aliphatic heterocycles. The van der Waals surface area contributed by atoms with Crippen molar-refractivity contribution in [1.82, 2.24) is 20.4 Å². The van der Waals surface area contributed by atoms with Crippen molar-refractivity contribution in [3.8, 4) is 0 Å². The maximum atomic E-state index is 12.5. The number of hydrogen-bond donors (Lipinski definition) is 2. The zero-order valence-electron chi connectivity index (χ0n) is 11.8. The fourth-order valence-corrected chi connectivity index (χ4v) is 2.82. The van der Waals surface area contributed by atoms with E-state index in [0.29, 0.717) is 18.8 Å². The van der Waals surface area contributed by atoms with Crippen molar-refractivity contribution in [2.75, 3.05) is 27.3 Å². The second-order valence-corrected chi connectivity index (χ2v) is 5.04. The van der Waals surface area contributed by atoms with E-state index in [1.807, 2.05) is 0 Å². The molecule has 7 nitrogen and oxygen atoms in total. The second kappa shape index (κ2) is 6.04. The van der Waals surface area contributed by atoms with Crippen molar-refractivity contribution in [1.29, 1.82) is 0 Å². The standard InChI is InChI=1S/C13H20N4O3/c1-14-11(18)8-13(9-20-2)5-3-7-17(13)12(19)10-4-6-15-16-10/h4,6H,3,5,7-9H2,1-2H3,(H,14,18)(H,15,16)/t13-/m0/s1. The molecule has 2 heterocycles. The molecule has 0 saturated carbocycles. The lowest BCUT2D eigenvalue weighted by molar-refractivity contribution is -0.123. The number of nitrogens with one attached hydrogen (secondary N) is 2. The Hall–Kier alpha value is -1.89. The quantitative estimate of drug-likeness (QED) is 0.804. The number of likely N-dealkylation sites (tertiary alicyclic amines) is 1. The number of methoxy groups -OCH3 is 1. The summed E-state index contributed by atoms with van der Waals surface area (Å²) >= 11 is 0. The Bertz CT molecular complexity index is 474. The molecule has 2 amide bonds. The predicted molar refractivity (Wildman–Crippen MR) is 72.1 cm³/mol. The summed E-state index contributed by atoms with van der Waals surface area (Å²) in [5.74, 6) is -0.229. The normalized spacial score (nSPS) is 22.0. The number of aromatic nitrogens is 2. The zero-order chi connectivity index (χ0) is 14.6. The molecule has 2 N–H and O–H groups in total. The Kier molecular flexibility index (Phi) is 4.39. The van der Waals surface area contributed by atoms with Gasteiger partial charge in [-0.2, -0.15) is 5.10 Å². The summed E-state index contributed by atoms with van der Waals surface area (Å²) in [7, 11) is 3.18. The van der Waals surface area contributed by atoms with E-state index >= 15 is 0 Å². The highest BCUT2D eigenvalue weighted by atomic mass is 16.5. The molecule has 1 fully saturated rings. The van der Waals surface area contributed by atoms with Gasteiger partial charge in [0.25, 0.3) is 5.91 Å². The van der Waals surface area contributed by atoms with E-state index < -0.39 is 5.54 Å². The molecule has 0 unspecified atom stereocenters. The molecule has 0 bridgehead atoms. The molecule has 1 atom stereocenters. The van der Waals surface area contributed by atoms with E-state index in [4.69, 9.17) is 4.74 Å². The first-order valence-corrected chi connectivity index (χ1v) is 6.64. The summed E-state index contributed by atoms with van der Waals surface area (Å²) in [4.78, 5) is 26.0. The first-order chi connectivity index (χ1) is 9.63. The summed E-state index contributed by atoms with van der Waals surface area (Å²) in [5.41, 5.74) is -0.138. The zero-order valence-corrected chi connectivity index (χ0v) is 11.8. The largest absolute Gasteiger partial charge is 0.382 e. The van der Waals surface area contributed by atoms with Crippen LogP contribution in [0.2, 0.25) is 0 Å². The van der Waals surface area contributed by atoms with Crippen LogP contribution in [0.25, 0.3) is 0 Å². The molecule has 2 rings (SSSR count). The van der Waals surface area contributed by atoms with Gasteiger partial charge in [-0.1, -0.05) is 0 Å². The molecule has 110 valence electrons. The number of hydrogen-bond acceptors (Lipinski definition) is 4. The fraction of sp³-hybridized carbons (Fsp3) is 0.615. The number of rotatable bonds is 5. The maximum absolute atomic E-state index is 12.5. The number of amides is 2. The van der Waals surface area contributed by atoms with Gasteiger partial charge in [0, 0.05) is 26.9 Å². The second-order valence-electron chi connectivity index (χ2n) is 5.04. The lowest BCUT2D eigenvalue weighted by atomic mass is 9.92. The molecule has 1 aromatic heterocycles. The Morgan fingerprint density at radius 3 is 3.00 bits per heavy atom. The third-order valence-corrected chi connectivity index (χ3v) is 3.75. The van der Waals surface area contributed by atoms with Gasteiger partial charge in [-0.05, 0) is 18.9 Å². The van der Waals surface area contributed by atoms with Crippen LogP contribution in [0, 0.1) is 0 Å². The highest BCUT2D eigenvalue weighted by molar-refractivity contribution is 5.93. The molecule has 1 saturated heterocycles. The average Bonchev–Trinajstić information content (AvgIpc) is 3.08. The van der Waals surface area contributed by atoms with Crippen molar-refractivity contribution >= 4 is 11.8 Å². The number of aromatic amines is 1. The number of nitrogens with zero attached hydrogens (tertiary/aromatic N) is 2. The Morgan fingerprint density at radius 1 is 1.60 bits per heavy atom. The number of carbonyl (C=O) groups excluding carboxylic acids is 2. The first kappa shape index (κ1) is 14.5. The van der Waals surface area contributed by atoms with Gasteiger partial charge in [0.05, 0.1) is 18.6 Å². The minimum atomic E-state index is -0.572. The minimum Gasteiger partial charge on any atom is -0.382 e. The van der Waals surface area contributed by atoms with Crippen LogP contribution in [0.3, 0.4) is 0 Å². The maximum Gasteiger partial charge on any atom is 0.272 e. The Balaban J connectivity index is 2.24. The first-order valence-electron chi connectivity index (χ1n) is 6.64. The van der Waals surface area contributed by atoms with E-state index in [9.17, 15) is 9.59 Å². The van der Waals surface area contributed by atoms with Gasteiger partial charge >= 0.3 is 0 Å². The van der Waals surface area contributed by atoms with E-state index in [0.717, 1.165) is 12.8 Å². The van der Waals surface area contributed by atoms with Gasteiger partial charge in [-0.3, -0.25) is 14.7 Å². The molecule has 0 aromatic carbocycles. The van der Waals surface area contributed by atoms with Crippen LogP contribution < -0.4 is 5.32 Å². The van der Waals surface area contributed by atoms with Crippen molar-refractivity contribution in [2.24, 2.45) is 0 Å². The van der Waals surface area contributed by atoms with Gasteiger partial charge < -0.3 is 15.0 Å². The SMILES string of the molecule is CNC(=O)C[C@]1(COC)CCCN1C(=O)c1ccn[nH]1. The van der Waals surface area contributed by atoms with Gasteiger partial charge in [-0.25, -0.2) is 0 Å². The van der Waals surface area contributed by atoms with Crippen LogP contribution in [0.1, 0.15) is 29.8 Å². The molecule has 0 aliphatic carbocycles. The van der Waals surface area contributed by atoms with Crippen molar-refractivity contribution in [3.05, 3.63) is 18.0 Å². The Morgan fingerprint density at radius 2 is 2.40 bits per heavy atom. The van der Waals surface area contributed by atoms with Gasteiger partial charge in [0.1, 0.15) is 5.69 Å². The van der Waals surface area contributed by atoms with Crippen LogP contribution >= 0.6 is 0 Å². The number of H-pyrrole nitrogens is 1. The average molecular weight is 280 g/mol. The van der Waals surface area contributed by atoms with Gasteiger partial charge in [0.15, 0.2) is 0 Å². The lowest BCUT2D eigenvalue weighted by Gasteiger charge is -2.37. The monoisotopic (exact) mass is 280 g/mol. The van der Waals surface area contributed by atoms with Crippen LogP contribution in [0.5, 0.6) is 0 Å². The summed E-state index contributed by atoms with van der Waals surface area (Å²) in [6.07, 6.45) is 3.41. The molecular weight excluding hydrogens is 260 g/mol. The molecule has 0 spiro atoms. The van der Waals surface area contributed by atoms with E-state index in [1.165, 1.54) is 0 Å². The highest BCUT2D eigenvalue weighted by Gasteiger charge is 2.45. The molecular formula is C13H20N4O3. The summed E-state index contributed by atoms with van der Waals surface area (Å²) in [6, 6.07) is 1.64. The van der Waals surface area contributed by atoms with Crippen molar-refractivity contribution in [2.45, 2.75) is 24.8 Å². The molecule has 0 radical (unpaired) electrons. The smallest absolute Gasteiger partial charge is 0.272 e. The van der Waals surface area contributed by atoms with Crippen LogP contribution in [0.15, 0.2) is 12.3 Å². The molecule has 1 aromatic rings. The summed E-state index contributed by atoms with van der Waals surface area (Å²) in [6.45, 7) is 0.971. The summed E-state index contributed by atoms with van der Waals surface area (Å²) in [5, 5.41) is 9.10. The third-order valence-electron chi connectivity index (χ3n) is 3.75. The third kappa shape index (κ3) is 2.67. The highest BCUT2D eigenvalue weighted by Crippen LogP contribution is 2.34. The van der Waals surface area contributed by atoms with Crippen LogP contribution in [-0.2, 0) is 9.53 Å². The van der Waals surface area contributed by atoms with E-state index in [2.05, 4.69) is 15.5 Å². The summed E-state index contributed by atoms with van der Waals surface area (Å²) < 4.78 is 5.27. The van der Waals surface area contributed by atoms with Crippen molar-refractivity contribution < 1.29 is 14.3 Å². The topological polar surface area (TPSA) is 87.3 Å². The van der Waals surface area contributed by atoms with Gasteiger partial charge in [0.2, 0.25) is 5.91 Å². The fourth-order valence-electron chi connectivity index (χ4n) is 2.82.